The zero-order valence-electron chi connectivity index (χ0n) is 19.7. The summed E-state index contributed by atoms with van der Waals surface area (Å²) in [6.45, 7) is 6.25. The summed E-state index contributed by atoms with van der Waals surface area (Å²) >= 11 is 0. The number of carbonyl (C=O) groups is 2. The van der Waals surface area contributed by atoms with Crippen LogP contribution < -0.4 is 4.90 Å². The third-order valence-electron chi connectivity index (χ3n) is 6.22. The smallest absolute Gasteiger partial charge is 0.475 e. The number of ether oxygens (including phenoxy) is 1. The van der Waals surface area contributed by atoms with E-state index in [2.05, 4.69) is 19.8 Å². The highest BCUT2D eigenvalue weighted by molar-refractivity contribution is 5.73. The van der Waals surface area contributed by atoms with Gasteiger partial charge in [0, 0.05) is 51.2 Å². The molecule has 9 nitrogen and oxygen atoms in total. The van der Waals surface area contributed by atoms with Gasteiger partial charge in [0.1, 0.15) is 0 Å². The monoisotopic (exact) mass is 548 g/mol. The van der Waals surface area contributed by atoms with Crippen molar-refractivity contribution < 1.29 is 55.3 Å². The van der Waals surface area contributed by atoms with Gasteiger partial charge in [0.2, 0.25) is 5.95 Å². The van der Waals surface area contributed by atoms with Gasteiger partial charge < -0.3 is 24.7 Å². The minimum atomic E-state index is -5.08. The Balaban J connectivity index is 0.000000286. The fourth-order valence-electron chi connectivity index (χ4n) is 4.38. The summed E-state index contributed by atoms with van der Waals surface area (Å²) < 4.78 is 82.0. The summed E-state index contributed by atoms with van der Waals surface area (Å²) in [4.78, 5) is 31.0. The van der Waals surface area contributed by atoms with Crippen LogP contribution >= 0.6 is 0 Å². The molecule has 1 aromatic heterocycles. The van der Waals surface area contributed by atoms with Gasteiger partial charge in [-0.1, -0.05) is 0 Å². The molecule has 3 aliphatic rings. The molecular weight excluding hydrogens is 521 g/mol. The van der Waals surface area contributed by atoms with Crippen molar-refractivity contribution in [1.82, 2.24) is 14.9 Å². The summed E-state index contributed by atoms with van der Waals surface area (Å²) in [5.74, 6) is -3.75. The topological polar surface area (TPSA) is 116 Å². The standard InChI is InChI=1S/C17H25FN4O.2C2HF3O2/c1-23-10-14-9-21(8-13-2-3-13)11-17(14)4-5-22(12-17)16-19-6-15(18)7-20-16;2*3-2(4,5)1(6)7/h6-7,13-14H,2-5,8-12H2,1H3;2*(H,6,7)/t14-,17+;;/m0../s1. The van der Waals surface area contributed by atoms with Crippen LogP contribution in [0, 0.1) is 23.1 Å². The van der Waals surface area contributed by atoms with E-state index in [-0.39, 0.29) is 11.2 Å². The summed E-state index contributed by atoms with van der Waals surface area (Å²) in [6, 6.07) is 0. The van der Waals surface area contributed by atoms with Gasteiger partial charge in [-0.15, -0.1) is 0 Å². The van der Waals surface area contributed by atoms with Gasteiger partial charge in [0.05, 0.1) is 19.0 Å². The predicted molar refractivity (Wildman–Crippen MR) is 113 cm³/mol. The van der Waals surface area contributed by atoms with Gasteiger partial charge >= 0.3 is 24.3 Å². The first-order valence-corrected chi connectivity index (χ1v) is 11.1. The number of anilines is 1. The van der Waals surface area contributed by atoms with E-state index in [1.54, 1.807) is 7.11 Å². The SMILES string of the molecule is COC[C@@H]1CN(CC2CC2)C[C@@]12CCN(c1ncc(F)cn1)C2.O=C(O)C(F)(F)F.O=C(O)C(F)(F)F. The van der Waals surface area contributed by atoms with Crippen molar-refractivity contribution in [2.24, 2.45) is 17.3 Å². The molecule has 1 aliphatic carbocycles. The molecular formula is C21H27F7N4O5. The van der Waals surface area contributed by atoms with Gasteiger partial charge in [-0.2, -0.15) is 26.3 Å². The van der Waals surface area contributed by atoms with Gasteiger partial charge in [-0.05, 0) is 25.2 Å². The van der Waals surface area contributed by atoms with Crippen LogP contribution in [0.3, 0.4) is 0 Å². The number of aromatic nitrogens is 2. The molecule has 2 aliphatic heterocycles. The molecule has 0 aromatic carbocycles. The number of methoxy groups -OCH3 is 1. The predicted octanol–water partition coefficient (Wildman–Crippen LogP) is 3.07. The maximum atomic E-state index is 13.0. The van der Waals surface area contributed by atoms with Crippen molar-refractivity contribution in [3.05, 3.63) is 18.2 Å². The third-order valence-corrected chi connectivity index (χ3v) is 6.22. The molecule has 16 heteroatoms. The van der Waals surface area contributed by atoms with E-state index in [0.29, 0.717) is 11.9 Å². The number of likely N-dealkylation sites (tertiary alicyclic amines) is 1. The fourth-order valence-corrected chi connectivity index (χ4v) is 4.38. The summed E-state index contributed by atoms with van der Waals surface area (Å²) in [5.41, 5.74) is 0.267. The number of alkyl halides is 6. The molecule has 0 unspecified atom stereocenters. The van der Waals surface area contributed by atoms with Crippen LogP contribution in [0.25, 0.3) is 0 Å². The first-order valence-electron chi connectivity index (χ1n) is 11.1. The molecule has 2 N–H and O–H groups in total. The Labute approximate surface area is 207 Å². The molecule has 2 atom stereocenters. The third kappa shape index (κ3) is 9.25. The van der Waals surface area contributed by atoms with E-state index < -0.39 is 24.3 Å². The molecule has 210 valence electrons. The quantitative estimate of drug-likeness (QED) is 0.536. The number of hydrogen-bond donors (Lipinski definition) is 2. The Morgan fingerprint density at radius 1 is 1.05 bits per heavy atom. The molecule has 1 saturated carbocycles. The second kappa shape index (κ2) is 12.2. The molecule has 0 bridgehead atoms. The maximum Gasteiger partial charge on any atom is 0.490 e. The van der Waals surface area contributed by atoms with Crippen LogP contribution in [0.1, 0.15) is 19.3 Å². The van der Waals surface area contributed by atoms with Crippen molar-refractivity contribution in [2.45, 2.75) is 31.6 Å². The van der Waals surface area contributed by atoms with Crippen molar-refractivity contribution in [2.75, 3.05) is 51.3 Å². The molecule has 0 amide bonds. The van der Waals surface area contributed by atoms with E-state index in [0.717, 1.165) is 45.1 Å². The van der Waals surface area contributed by atoms with E-state index in [1.807, 2.05) is 0 Å². The molecule has 3 fully saturated rings. The zero-order valence-corrected chi connectivity index (χ0v) is 19.7. The Hall–Kier alpha value is -2.75. The van der Waals surface area contributed by atoms with Gasteiger partial charge in [-0.25, -0.2) is 23.9 Å². The van der Waals surface area contributed by atoms with Gasteiger partial charge in [0.25, 0.3) is 0 Å². The van der Waals surface area contributed by atoms with Gasteiger partial charge in [0.15, 0.2) is 5.82 Å². The highest BCUT2D eigenvalue weighted by Gasteiger charge is 2.51. The number of halogens is 7. The lowest BCUT2D eigenvalue weighted by atomic mass is 9.78. The number of nitrogens with zero attached hydrogens (tertiary/aromatic N) is 4. The number of carboxylic acids is 2. The molecule has 3 heterocycles. The molecule has 2 saturated heterocycles. The molecule has 4 rings (SSSR count). The van der Waals surface area contributed by atoms with Crippen molar-refractivity contribution in [1.29, 1.82) is 0 Å². The number of carboxylic acid groups (broad SMARTS) is 2. The van der Waals surface area contributed by atoms with Crippen LogP contribution in [0.2, 0.25) is 0 Å². The molecule has 1 spiro atoms. The van der Waals surface area contributed by atoms with Crippen LogP contribution in [0.5, 0.6) is 0 Å². The highest BCUT2D eigenvalue weighted by atomic mass is 19.4. The Morgan fingerprint density at radius 3 is 2.00 bits per heavy atom. The average molecular weight is 548 g/mol. The first kappa shape index (κ1) is 30.5. The number of hydrogen-bond acceptors (Lipinski definition) is 7. The fraction of sp³-hybridized carbons (Fsp3) is 0.714. The summed E-state index contributed by atoms with van der Waals surface area (Å²) in [5, 5.41) is 14.2. The van der Waals surface area contributed by atoms with Crippen molar-refractivity contribution in [3.63, 3.8) is 0 Å². The van der Waals surface area contributed by atoms with Crippen LogP contribution in [0.15, 0.2) is 12.4 Å². The molecule has 1 aromatic rings. The lowest BCUT2D eigenvalue weighted by Gasteiger charge is -2.30. The Kier molecular flexibility index (Phi) is 10.0. The van der Waals surface area contributed by atoms with E-state index in [4.69, 9.17) is 24.5 Å². The lowest BCUT2D eigenvalue weighted by molar-refractivity contribution is -0.193. The van der Waals surface area contributed by atoms with E-state index >= 15 is 0 Å². The second-order valence-corrected chi connectivity index (χ2v) is 9.13. The van der Waals surface area contributed by atoms with Crippen LogP contribution in [0.4, 0.5) is 36.7 Å². The average Bonchev–Trinajstić information content (AvgIpc) is 3.40. The normalized spacial score (nSPS) is 23.8. The molecule has 0 radical (unpaired) electrons. The first-order chi connectivity index (χ1) is 17.1. The minimum absolute atomic E-state index is 0.267. The molecule has 37 heavy (non-hydrogen) atoms. The Bertz CT molecular complexity index is 888. The van der Waals surface area contributed by atoms with Crippen molar-refractivity contribution in [3.8, 4) is 0 Å². The summed E-state index contributed by atoms with van der Waals surface area (Å²) in [6.07, 6.45) is -3.72. The largest absolute Gasteiger partial charge is 0.490 e. The second-order valence-electron chi connectivity index (χ2n) is 9.13. The number of aliphatic carboxylic acids is 2. The maximum absolute atomic E-state index is 13.0. The Morgan fingerprint density at radius 2 is 1.57 bits per heavy atom. The van der Waals surface area contributed by atoms with Crippen LogP contribution in [-0.2, 0) is 14.3 Å². The van der Waals surface area contributed by atoms with Crippen LogP contribution in [-0.4, -0.2) is 95.8 Å². The summed E-state index contributed by atoms with van der Waals surface area (Å²) in [7, 11) is 1.80. The minimum Gasteiger partial charge on any atom is -0.475 e. The number of rotatable bonds is 5. The highest BCUT2D eigenvalue weighted by Crippen LogP contribution is 2.45. The van der Waals surface area contributed by atoms with E-state index in [9.17, 15) is 30.7 Å². The van der Waals surface area contributed by atoms with Crippen molar-refractivity contribution >= 4 is 17.9 Å². The zero-order chi connectivity index (χ0) is 28.0. The lowest BCUT2D eigenvalue weighted by Crippen LogP contribution is -2.36. The van der Waals surface area contributed by atoms with Gasteiger partial charge in [-0.3, -0.25) is 0 Å². The van der Waals surface area contributed by atoms with E-state index in [1.165, 1.54) is 31.8 Å².